The molecule has 0 radical (unpaired) electrons. The largest absolute Gasteiger partial charge is 0.369 e. The standard InChI is InChI=1S/C20H18FN7O2S/c1-20(10-31(29,30)28(3)19(22)27-20)14-6-12(4-5-15(14)21)7-16-18-17(26-11-25-16)8-13(23-2)9-24-18/h4-6,8-9,11H,7,10H2,1,3H3,(H2,22,27)/t20-/m0/s1. The molecule has 0 saturated heterocycles. The highest BCUT2D eigenvalue weighted by atomic mass is 32.2. The molecular formula is C20H18FN7O2S. The summed E-state index contributed by atoms with van der Waals surface area (Å²) >= 11 is 0. The highest BCUT2D eigenvalue weighted by Crippen LogP contribution is 2.34. The van der Waals surface area contributed by atoms with E-state index < -0.39 is 27.1 Å². The summed E-state index contributed by atoms with van der Waals surface area (Å²) in [4.78, 5) is 20.4. The zero-order chi connectivity index (χ0) is 22.4. The number of hydrogen-bond donors (Lipinski definition) is 1. The van der Waals surface area contributed by atoms with Gasteiger partial charge >= 0.3 is 0 Å². The summed E-state index contributed by atoms with van der Waals surface area (Å²) in [6.45, 7) is 8.65. The number of nitrogens with zero attached hydrogens (tertiary/aromatic N) is 6. The Morgan fingerprint density at radius 2 is 2.06 bits per heavy atom. The molecule has 2 N–H and O–H groups in total. The van der Waals surface area contributed by atoms with Crippen LogP contribution in [0.25, 0.3) is 15.9 Å². The summed E-state index contributed by atoms with van der Waals surface area (Å²) in [7, 11) is -2.42. The number of benzene rings is 1. The molecular weight excluding hydrogens is 421 g/mol. The van der Waals surface area contributed by atoms with Crippen LogP contribution in [0.3, 0.4) is 0 Å². The first-order chi connectivity index (χ1) is 14.6. The Labute approximate surface area is 178 Å². The number of pyridine rings is 1. The monoisotopic (exact) mass is 439 g/mol. The van der Waals surface area contributed by atoms with Crippen LogP contribution in [0.1, 0.15) is 23.7 Å². The van der Waals surface area contributed by atoms with Crippen molar-refractivity contribution in [2.45, 2.75) is 18.9 Å². The van der Waals surface area contributed by atoms with E-state index >= 15 is 0 Å². The van der Waals surface area contributed by atoms with Gasteiger partial charge in [-0.05, 0) is 24.6 Å². The van der Waals surface area contributed by atoms with E-state index in [1.54, 1.807) is 25.1 Å². The van der Waals surface area contributed by atoms with Crippen molar-refractivity contribution >= 4 is 32.7 Å². The molecule has 0 unspecified atom stereocenters. The molecule has 0 saturated carbocycles. The van der Waals surface area contributed by atoms with Gasteiger partial charge in [-0.1, -0.05) is 12.1 Å². The molecule has 3 aromatic rings. The van der Waals surface area contributed by atoms with Crippen molar-refractivity contribution in [3.05, 3.63) is 70.8 Å². The van der Waals surface area contributed by atoms with E-state index in [4.69, 9.17) is 12.3 Å². The SMILES string of the molecule is [C-]#[N+]c1cnc2c(Cc3ccc(F)c([C@]4(C)CS(=O)(=O)N(C)C(N)=N4)c3)ncnc2c1. The lowest BCUT2D eigenvalue weighted by Gasteiger charge is -2.34. The molecule has 1 aliphatic rings. The van der Waals surface area contributed by atoms with E-state index in [2.05, 4.69) is 24.8 Å². The first-order valence-corrected chi connectivity index (χ1v) is 10.8. The Hall–Kier alpha value is -3.65. The highest BCUT2D eigenvalue weighted by Gasteiger charge is 2.41. The maximum absolute atomic E-state index is 14.8. The summed E-state index contributed by atoms with van der Waals surface area (Å²) in [6, 6.07) is 6.08. The lowest BCUT2D eigenvalue weighted by atomic mass is 9.91. The van der Waals surface area contributed by atoms with Crippen LogP contribution in [0, 0.1) is 12.4 Å². The number of hydrogen-bond acceptors (Lipinski definition) is 7. The fourth-order valence-electron chi connectivity index (χ4n) is 3.55. The van der Waals surface area contributed by atoms with Gasteiger partial charge in [0.15, 0.2) is 0 Å². The number of fused-ring (bicyclic) bond motifs is 1. The molecule has 2 aromatic heterocycles. The third kappa shape index (κ3) is 3.66. The summed E-state index contributed by atoms with van der Waals surface area (Å²) in [5.41, 5.74) is 7.29. The van der Waals surface area contributed by atoms with Crippen LogP contribution >= 0.6 is 0 Å². The fourth-order valence-corrected chi connectivity index (χ4v) is 5.00. The van der Waals surface area contributed by atoms with Crippen LogP contribution in [0.15, 0.2) is 41.8 Å². The predicted octanol–water partition coefficient (Wildman–Crippen LogP) is 2.11. The van der Waals surface area contributed by atoms with Crippen molar-refractivity contribution in [1.82, 2.24) is 19.3 Å². The van der Waals surface area contributed by atoms with Crippen molar-refractivity contribution in [3.8, 4) is 0 Å². The number of aliphatic imine (C=N–C) groups is 1. The molecule has 3 heterocycles. The Balaban J connectivity index is 1.76. The molecule has 0 aliphatic carbocycles. The molecule has 31 heavy (non-hydrogen) atoms. The van der Waals surface area contributed by atoms with Gasteiger partial charge in [-0.25, -0.2) is 36.9 Å². The molecule has 0 amide bonds. The summed E-state index contributed by atoms with van der Waals surface area (Å²) in [5.74, 6) is -1.18. The zero-order valence-corrected chi connectivity index (χ0v) is 17.6. The van der Waals surface area contributed by atoms with Crippen molar-refractivity contribution in [2.24, 2.45) is 10.7 Å². The van der Waals surface area contributed by atoms with Gasteiger partial charge in [0.2, 0.25) is 21.7 Å². The van der Waals surface area contributed by atoms with Crippen LogP contribution in [0.4, 0.5) is 10.1 Å². The maximum atomic E-state index is 14.8. The third-order valence-electron chi connectivity index (χ3n) is 5.21. The molecule has 11 heteroatoms. The average Bonchev–Trinajstić information content (AvgIpc) is 2.72. The number of sulfonamides is 1. The highest BCUT2D eigenvalue weighted by molar-refractivity contribution is 7.89. The Bertz CT molecular complexity index is 1380. The molecule has 9 nitrogen and oxygen atoms in total. The minimum absolute atomic E-state index is 0.131. The predicted molar refractivity (Wildman–Crippen MR) is 113 cm³/mol. The van der Waals surface area contributed by atoms with E-state index in [9.17, 15) is 12.8 Å². The molecule has 158 valence electrons. The van der Waals surface area contributed by atoms with Gasteiger partial charge in [0.1, 0.15) is 23.2 Å². The number of rotatable bonds is 3. The van der Waals surface area contributed by atoms with Gasteiger partial charge in [0.05, 0.1) is 23.5 Å². The summed E-state index contributed by atoms with van der Waals surface area (Å²) in [6.07, 6.45) is 3.13. The lowest BCUT2D eigenvalue weighted by Crippen LogP contribution is -2.50. The van der Waals surface area contributed by atoms with Gasteiger partial charge in [-0.15, -0.1) is 0 Å². The smallest absolute Gasteiger partial charge is 0.239 e. The number of aromatic nitrogens is 3. The van der Waals surface area contributed by atoms with Crippen LogP contribution < -0.4 is 5.73 Å². The van der Waals surface area contributed by atoms with Gasteiger partial charge < -0.3 is 5.73 Å². The van der Waals surface area contributed by atoms with Crippen molar-refractivity contribution in [2.75, 3.05) is 12.8 Å². The lowest BCUT2D eigenvalue weighted by molar-refractivity contribution is 0.457. The molecule has 1 aliphatic heterocycles. The van der Waals surface area contributed by atoms with E-state index in [-0.39, 0.29) is 11.5 Å². The van der Waals surface area contributed by atoms with Crippen LogP contribution in [0.2, 0.25) is 0 Å². The number of nitrogens with two attached hydrogens (primary N) is 1. The Morgan fingerprint density at radius 3 is 2.77 bits per heavy atom. The van der Waals surface area contributed by atoms with Crippen molar-refractivity contribution in [1.29, 1.82) is 0 Å². The maximum Gasteiger partial charge on any atom is 0.239 e. The molecule has 1 aromatic carbocycles. The molecule has 0 bridgehead atoms. The first kappa shape index (κ1) is 20.6. The number of guanidine groups is 1. The van der Waals surface area contributed by atoms with Crippen LogP contribution in [0.5, 0.6) is 0 Å². The Morgan fingerprint density at radius 1 is 1.29 bits per heavy atom. The molecule has 0 fully saturated rings. The average molecular weight is 439 g/mol. The molecule has 4 rings (SSSR count). The van der Waals surface area contributed by atoms with E-state index in [1.165, 1.54) is 25.6 Å². The fraction of sp³-hybridized carbons (Fsp3) is 0.250. The second kappa shape index (κ2) is 7.24. The summed E-state index contributed by atoms with van der Waals surface area (Å²) in [5, 5.41) is 0. The minimum atomic E-state index is -3.73. The normalized spacial score (nSPS) is 20.3. The topological polar surface area (TPSA) is 119 Å². The quantitative estimate of drug-likeness (QED) is 0.625. The molecule has 1 atom stereocenters. The number of halogens is 1. The summed E-state index contributed by atoms with van der Waals surface area (Å²) < 4.78 is 40.6. The van der Waals surface area contributed by atoms with Gasteiger partial charge in [-0.3, -0.25) is 4.98 Å². The van der Waals surface area contributed by atoms with E-state index in [1.807, 2.05) is 0 Å². The molecule has 0 spiro atoms. The van der Waals surface area contributed by atoms with Gasteiger partial charge in [0.25, 0.3) is 0 Å². The zero-order valence-electron chi connectivity index (χ0n) is 16.7. The van der Waals surface area contributed by atoms with Crippen LogP contribution in [-0.2, 0) is 22.0 Å². The van der Waals surface area contributed by atoms with Crippen molar-refractivity contribution < 1.29 is 12.8 Å². The second-order valence-corrected chi connectivity index (χ2v) is 9.45. The first-order valence-electron chi connectivity index (χ1n) is 9.21. The van der Waals surface area contributed by atoms with Crippen LogP contribution in [-0.4, -0.2) is 46.4 Å². The van der Waals surface area contributed by atoms with E-state index in [0.717, 1.165) is 4.31 Å². The van der Waals surface area contributed by atoms with Gasteiger partial charge in [0, 0.05) is 25.2 Å². The van der Waals surface area contributed by atoms with Crippen molar-refractivity contribution in [3.63, 3.8) is 0 Å². The second-order valence-electron chi connectivity index (χ2n) is 7.45. The third-order valence-corrected chi connectivity index (χ3v) is 7.16. The van der Waals surface area contributed by atoms with E-state index in [0.29, 0.717) is 34.4 Å². The Kier molecular flexibility index (Phi) is 4.82. The minimum Gasteiger partial charge on any atom is -0.369 e. The van der Waals surface area contributed by atoms with Gasteiger partial charge in [-0.2, -0.15) is 0 Å².